The first-order valence-electron chi connectivity index (χ1n) is 12.6. The van der Waals surface area contributed by atoms with Gasteiger partial charge in [-0.25, -0.2) is 0 Å². The molecule has 3 aromatic rings. The first kappa shape index (κ1) is 30.2. The number of fused-ring (bicyclic) bond motifs is 1. The van der Waals surface area contributed by atoms with Crippen molar-refractivity contribution in [2.75, 3.05) is 0 Å². The molecule has 0 aromatic heterocycles. The van der Waals surface area contributed by atoms with Gasteiger partial charge in [0.25, 0.3) is 5.60 Å². The standard InChI is InChI=1S/C28H25BCl3F3N2O4/c1-14-8-16(23-12-27(41-37-23,28(33,34)35)17-10-21(30)24(32)22(31)11-17)5-6-18(14)25(38)36-13-15-4-7-19-20(9-15)29(39)40-26(19,2)3/h4-11,25,36,38-39H,12-13H2,1-3H3. The third-order valence-corrected chi connectivity index (χ3v) is 8.67. The van der Waals surface area contributed by atoms with Crippen LogP contribution in [-0.4, -0.2) is 29.1 Å². The average molecular weight is 628 g/mol. The van der Waals surface area contributed by atoms with Crippen LogP contribution in [0.25, 0.3) is 0 Å². The third-order valence-electron chi connectivity index (χ3n) is 7.47. The Balaban J connectivity index is 1.32. The molecule has 2 atom stereocenters. The van der Waals surface area contributed by atoms with Gasteiger partial charge in [-0.05, 0) is 72.3 Å². The molecule has 2 aliphatic heterocycles. The summed E-state index contributed by atoms with van der Waals surface area (Å²) in [6.07, 6.45) is -6.53. The molecule has 0 spiro atoms. The molecule has 0 bridgehead atoms. The Labute approximate surface area is 250 Å². The van der Waals surface area contributed by atoms with Gasteiger partial charge in [-0.3, -0.25) is 5.32 Å². The highest BCUT2D eigenvalue weighted by atomic mass is 35.5. The Hall–Kier alpha value is -2.31. The van der Waals surface area contributed by atoms with Crippen molar-refractivity contribution in [2.45, 2.75) is 57.3 Å². The molecule has 2 heterocycles. The summed E-state index contributed by atoms with van der Waals surface area (Å²) in [7, 11) is -1.02. The van der Waals surface area contributed by atoms with E-state index in [1.54, 1.807) is 25.1 Å². The van der Waals surface area contributed by atoms with E-state index in [0.29, 0.717) is 28.7 Å². The zero-order valence-electron chi connectivity index (χ0n) is 22.1. The summed E-state index contributed by atoms with van der Waals surface area (Å²) < 4.78 is 48.7. The van der Waals surface area contributed by atoms with Crippen molar-refractivity contribution in [3.8, 4) is 0 Å². The van der Waals surface area contributed by atoms with Crippen molar-refractivity contribution in [2.24, 2.45) is 5.16 Å². The predicted molar refractivity (Wildman–Crippen MR) is 153 cm³/mol. The van der Waals surface area contributed by atoms with Crippen LogP contribution in [0.3, 0.4) is 0 Å². The van der Waals surface area contributed by atoms with Crippen LogP contribution in [0.1, 0.15) is 59.9 Å². The van der Waals surface area contributed by atoms with Crippen LogP contribution in [0.5, 0.6) is 0 Å². The van der Waals surface area contributed by atoms with E-state index in [1.807, 2.05) is 32.0 Å². The number of nitrogens with zero attached hydrogens (tertiary/aromatic N) is 1. The van der Waals surface area contributed by atoms with Crippen molar-refractivity contribution in [1.29, 1.82) is 0 Å². The summed E-state index contributed by atoms with van der Waals surface area (Å²) in [5, 5.41) is 27.6. The fourth-order valence-corrected chi connectivity index (χ4v) is 5.81. The van der Waals surface area contributed by atoms with Crippen LogP contribution in [-0.2, 0) is 27.2 Å². The molecule has 2 unspecified atom stereocenters. The molecule has 0 saturated heterocycles. The van der Waals surface area contributed by atoms with E-state index < -0.39 is 37.1 Å². The molecule has 3 N–H and O–H groups in total. The number of aliphatic hydroxyl groups excluding tert-OH is 1. The van der Waals surface area contributed by atoms with E-state index in [9.17, 15) is 23.3 Å². The van der Waals surface area contributed by atoms with E-state index in [-0.39, 0.29) is 26.3 Å². The quantitative estimate of drug-likeness (QED) is 0.171. The van der Waals surface area contributed by atoms with Gasteiger partial charge < -0.3 is 19.6 Å². The summed E-state index contributed by atoms with van der Waals surface area (Å²) in [5.74, 6) is 0. The minimum absolute atomic E-state index is 0.0568. The molecular weight excluding hydrogens is 602 g/mol. The molecule has 0 fully saturated rings. The average Bonchev–Trinajstić information content (AvgIpc) is 3.45. The molecule has 0 amide bonds. The van der Waals surface area contributed by atoms with Crippen LogP contribution >= 0.6 is 34.8 Å². The molecule has 2 aliphatic rings. The monoisotopic (exact) mass is 626 g/mol. The Kier molecular flexibility index (Phi) is 7.91. The second kappa shape index (κ2) is 10.8. The van der Waals surface area contributed by atoms with Crippen molar-refractivity contribution in [3.63, 3.8) is 0 Å². The number of alkyl halides is 3. The summed E-state index contributed by atoms with van der Waals surface area (Å²) in [6.45, 7) is 5.79. The number of aliphatic hydroxyl groups is 1. The summed E-state index contributed by atoms with van der Waals surface area (Å²) in [5.41, 5.74) is 0.364. The summed E-state index contributed by atoms with van der Waals surface area (Å²) in [6, 6.07) is 12.6. The van der Waals surface area contributed by atoms with Gasteiger partial charge >= 0.3 is 13.3 Å². The maximum atomic E-state index is 14.4. The lowest BCUT2D eigenvalue weighted by atomic mass is 9.77. The van der Waals surface area contributed by atoms with Crippen molar-refractivity contribution >= 4 is 53.1 Å². The molecule has 5 rings (SSSR count). The molecule has 216 valence electrons. The van der Waals surface area contributed by atoms with Crippen LogP contribution in [0.2, 0.25) is 15.1 Å². The maximum Gasteiger partial charge on any atom is 0.492 e. The summed E-state index contributed by atoms with van der Waals surface area (Å²) >= 11 is 18.0. The molecular formula is C28H25BCl3F3N2O4. The lowest BCUT2D eigenvalue weighted by Crippen LogP contribution is -2.42. The fourth-order valence-electron chi connectivity index (χ4n) is 5.21. The lowest BCUT2D eigenvalue weighted by Gasteiger charge is -2.30. The van der Waals surface area contributed by atoms with Crippen molar-refractivity contribution in [1.82, 2.24) is 5.32 Å². The largest absolute Gasteiger partial charge is 0.492 e. The van der Waals surface area contributed by atoms with E-state index in [2.05, 4.69) is 10.5 Å². The van der Waals surface area contributed by atoms with Crippen LogP contribution in [0.15, 0.2) is 53.7 Å². The number of aryl methyl sites for hydroxylation is 1. The van der Waals surface area contributed by atoms with Gasteiger partial charge in [0.05, 0.1) is 26.4 Å². The second-order valence-electron chi connectivity index (χ2n) is 10.6. The van der Waals surface area contributed by atoms with Gasteiger partial charge in [0.1, 0.15) is 6.23 Å². The number of hydrogen-bond acceptors (Lipinski definition) is 6. The molecule has 0 aliphatic carbocycles. The highest BCUT2D eigenvalue weighted by Gasteiger charge is 2.62. The molecule has 3 aromatic carbocycles. The van der Waals surface area contributed by atoms with Gasteiger partial charge in [0, 0.05) is 18.5 Å². The van der Waals surface area contributed by atoms with Gasteiger partial charge in [-0.15, -0.1) is 0 Å². The SMILES string of the molecule is Cc1cc(C2=NOC(c3cc(Cl)c(Cl)c(Cl)c3)(C(F)(F)F)C2)ccc1C(O)NCc1ccc2c(c1)B(O)OC2(C)C. The minimum atomic E-state index is -4.84. The Morgan fingerprint density at radius 1 is 1.07 bits per heavy atom. The first-order chi connectivity index (χ1) is 19.1. The summed E-state index contributed by atoms with van der Waals surface area (Å²) in [4.78, 5) is 5.08. The number of halogens is 6. The molecule has 41 heavy (non-hydrogen) atoms. The molecule has 13 heteroatoms. The zero-order chi connectivity index (χ0) is 29.9. The van der Waals surface area contributed by atoms with E-state index >= 15 is 0 Å². The molecule has 6 nitrogen and oxygen atoms in total. The normalized spacial score (nSPS) is 20.6. The fraction of sp³-hybridized carbons (Fsp3) is 0.321. The molecule has 0 saturated carbocycles. The van der Waals surface area contributed by atoms with E-state index in [4.69, 9.17) is 44.3 Å². The van der Waals surface area contributed by atoms with Crippen molar-refractivity contribution < 1.29 is 32.8 Å². The minimum Gasteiger partial charge on any atom is -0.423 e. The Morgan fingerprint density at radius 3 is 2.39 bits per heavy atom. The first-order valence-corrected chi connectivity index (χ1v) is 13.7. The number of benzene rings is 3. The van der Waals surface area contributed by atoms with Gasteiger partial charge in [0.15, 0.2) is 0 Å². The Bertz CT molecular complexity index is 1530. The number of hydrogen-bond donors (Lipinski definition) is 3. The van der Waals surface area contributed by atoms with Crippen molar-refractivity contribution in [3.05, 3.63) is 97.0 Å². The topological polar surface area (TPSA) is 83.3 Å². The second-order valence-corrected chi connectivity index (χ2v) is 11.8. The Morgan fingerprint density at radius 2 is 1.76 bits per heavy atom. The number of rotatable bonds is 6. The highest BCUT2D eigenvalue weighted by molar-refractivity contribution is 6.62. The number of nitrogens with one attached hydrogen (secondary N) is 1. The zero-order valence-corrected chi connectivity index (χ0v) is 24.4. The third kappa shape index (κ3) is 5.47. The number of oxime groups is 1. The lowest BCUT2D eigenvalue weighted by molar-refractivity contribution is -0.275. The van der Waals surface area contributed by atoms with Gasteiger partial charge in [-0.2, -0.15) is 13.2 Å². The molecule has 0 radical (unpaired) electrons. The van der Waals surface area contributed by atoms with Gasteiger partial charge in [0.2, 0.25) is 0 Å². The smallest absolute Gasteiger partial charge is 0.423 e. The van der Waals surface area contributed by atoms with Crippen LogP contribution in [0, 0.1) is 6.92 Å². The van der Waals surface area contributed by atoms with E-state index in [1.165, 1.54) is 0 Å². The van der Waals surface area contributed by atoms with Crippen LogP contribution < -0.4 is 10.8 Å². The maximum absolute atomic E-state index is 14.4. The highest BCUT2D eigenvalue weighted by Crippen LogP contribution is 2.50. The van der Waals surface area contributed by atoms with E-state index in [0.717, 1.165) is 23.3 Å². The van der Waals surface area contributed by atoms with Gasteiger partial charge in [-0.1, -0.05) is 70.3 Å². The predicted octanol–water partition coefficient (Wildman–Crippen LogP) is 6.27. The van der Waals surface area contributed by atoms with Crippen LogP contribution in [0.4, 0.5) is 13.2 Å².